The van der Waals surface area contributed by atoms with Gasteiger partial charge in [0.2, 0.25) is 5.91 Å². The summed E-state index contributed by atoms with van der Waals surface area (Å²) in [5, 5.41) is 32.3. The Balaban J connectivity index is 0.000000948. The lowest BCUT2D eigenvalue weighted by Crippen LogP contribution is -2.48. The predicted molar refractivity (Wildman–Crippen MR) is 127 cm³/mol. The van der Waals surface area contributed by atoms with E-state index in [-0.39, 0.29) is 29.3 Å². The van der Waals surface area contributed by atoms with Gasteiger partial charge in [-0.2, -0.15) is 0 Å². The first kappa shape index (κ1) is 33.4. The molecule has 0 spiro atoms. The molecule has 16 heteroatoms. The highest BCUT2D eigenvalue weighted by molar-refractivity contribution is 6.27. The lowest BCUT2D eigenvalue weighted by Gasteiger charge is -2.33. The van der Waals surface area contributed by atoms with Gasteiger partial charge >= 0.3 is 35.8 Å². The highest BCUT2D eigenvalue weighted by atomic mass is 16.5. The van der Waals surface area contributed by atoms with Crippen LogP contribution in [-0.4, -0.2) is 125 Å². The molecule has 0 bridgehead atoms. The summed E-state index contributed by atoms with van der Waals surface area (Å²) >= 11 is 0. The first-order chi connectivity index (χ1) is 17.8. The van der Waals surface area contributed by atoms with Gasteiger partial charge in [-0.15, -0.1) is 0 Å². The molecule has 0 unspecified atom stereocenters. The SMILES string of the molecule is CCN1CCN(CC(=O)Nc2cc(C(=O)OC)ccc2C(=O)OC)CC1.O=C(O)C(=O)O.O=C(O)C(=O)O. The van der Waals surface area contributed by atoms with E-state index in [2.05, 4.69) is 26.8 Å². The van der Waals surface area contributed by atoms with Crippen LogP contribution in [0.3, 0.4) is 0 Å². The Bertz CT molecular complexity index is 985. The maximum Gasteiger partial charge on any atom is 0.414 e. The number of nitrogens with one attached hydrogen (secondary N) is 1. The highest BCUT2D eigenvalue weighted by Crippen LogP contribution is 2.20. The summed E-state index contributed by atoms with van der Waals surface area (Å²) < 4.78 is 9.42. The number of methoxy groups -OCH3 is 2. The molecule has 1 amide bonds. The van der Waals surface area contributed by atoms with Crippen LogP contribution in [0.2, 0.25) is 0 Å². The molecule has 210 valence electrons. The molecule has 0 aromatic heterocycles. The number of likely N-dealkylation sites (N-methyl/N-ethyl adjacent to an activating group) is 1. The van der Waals surface area contributed by atoms with Gasteiger partial charge in [0, 0.05) is 26.2 Å². The zero-order valence-electron chi connectivity index (χ0n) is 20.8. The third-order valence-electron chi connectivity index (χ3n) is 4.77. The fraction of sp³-hybridized carbons (Fsp3) is 0.409. The molecule has 38 heavy (non-hydrogen) atoms. The number of piperazine rings is 1. The number of carboxylic acids is 4. The number of benzene rings is 1. The molecule has 1 aliphatic heterocycles. The Kier molecular flexibility index (Phi) is 14.9. The standard InChI is InChI=1S/C18H25N3O5.2C2H2O4/c1-4-20-7-9-21(10-8-20)12-16(22)19-15-11-13(17(23)25-2)5-6-14(15)18(24)26-3;2*3-1(4)2(5)6/h5-6,11H,4,7-10,12H2,1-3H3,(H,19,22);2*(H,3,4)(H,5,6). The van der Waals surface area contributed by atoms with E-state index in [1.807, 2.05) is 0 Å². The number of carbonyl (C=O) groups excluding carboxylic acids is 3. The molecular formula is C22H29N3O13. The molecule has 1 fully saturated rings. The zero-order chi connectivity index (χ0) is 29.4. The van der Waals surface area contributed by atoms with Crippen molar-refractivity contribution >= 4 is 47.4 Å². The molecule has 0 atom stereocenters. The number of amides is 1. The maximum atomic E-state index is 12.4. The number of ether oxygens (including phenoxy) is 2. The van der Waals surface area contributed by atoms with Crippen molar-refractivity contribution in [2.75, 3.05) is 58.8 Å². The summed E-state index contributed by atoms with van der Waals surface area (Å²) in [5.41, 5.74) is 0.660. The van der Waals surface area contributed by atoms with Gasteiger partial charge in [0.05, 0.1) is 37.6 Å². The third-order valence-corrected chi connectivity index (χ3v) is 4.77. The number of nitrogens with zero attached hydrogens (tertiary/aromatic N) is 2. The van der Waals surface area contributed by atoms with Crippen LogP contribution in [0.25, 0.3) is 0 Å². The van der Waals surface area contributed by atoms with Crippen LogP contribution in [0.4, 0.5) is 5.69 Å². The van der Waals surface area contributed by atoms with E-state index in [1.54, 1.807) is 0 Å². The number of esters is 2. The van der Waals surface area contributed by atoms with Crippen molar-refractivity contribution < 1.29 is 63.5 Å². The van der Waals surface area contributed by atoms with Gasteiger partial charge in [-0.25, -0.2) is 28.8 Å². The Morgan fingerprint density at radius 3 is 1.61 bits per heavy atom. The summed E-state index contributed by atoms with van der Waals surface area (Å²) in [6.45, 7) is 6.82. The van der Waals surface area contributed by atoms with Crippen LogP contribution in [-0.2, 0) is 33.4 Å². The van der Waals surface area contributed by atoms with Crippen LogP contribution in [0, 0.1) is 0 Å². The summed E-state index contributed by atoms with van der Waals surface area (Å²) in [5.74, 6) is -8.68. The van der Waals surface area contributed by atoms with Gasteiger partial charge in [0.15, 0.2) is 0 Å². The molecule has 16 nitrogen and oxygen atoms in total. The molecule has 0 saturated carbocycles. The van der Waals surface area contributed by atoms with E-state index >= 15 is 0 Å². The number of rotatable bonds is 6. The molecule has 0 aliphatic carbocycles. The molecule has 0 radical (unpaired) electrons. The number of hydrogen-bond acceptors (Lipinski definition) is 11. The minimum Gasteiger partial charge on any atom is -0.473 e. The maximum absolute atomic E-state index is 12.4. The van der Waals surface area contributed by atoms with Gasteiger partial charge in [0.1, 0.15) is 0 Å². The average molecular weight is 543 g/mol. The number of hydrogen-bond donors (Lipinski definition) is 5. The van der Waals surface area contributed by atoms with E-state index in [0.717, 1.165) is 32.7 Å². The first-order valence-electron chi connectivity index (χ1n) is 10.7. The lowest BCUT2D eigenvalue weighted by atomic mass is 10.1. The van der Waals surface area contributed by atoms with Crippen molar-refractivity contribution in [3.05, 3.63) is 29.3 Å². The Morgan fingerprint density at radius 1 is 0.763 bits per heavy atom. The van der Waals surface area contributed by atoms with Crippen molar-refractivity contribution in [1.82, 2.24) is 9.80 Å². The molecule has 5 N–H and O–H groups in total. The summed E-state index contributed by atoms with van der Waals surface area (Å²) in [6.07, 6.45) is 0. The van der Waals surface area contributed by atoms with Gasteiger partial charge in [-0.3, -0.25) is 9.69 Å². The molecule has 1 aromatic rings. The van der Waals surface area contributed by atoms with Crippen molar-refractivity contribution in [1.29, 1.82) is 0 Å². The molecule has 1 aliphatic rings. The fourth-order valence-corrected chi connectivity index (χ4v) is 2.84. The molecule has 2 rings (SSSR count). The minimum absolute atomic E-state index is 0.185. The lowest BCUT2D eigenvalue weighted by molar-refractivity contribution is -0.159. The third kappa shape index (κ3) is 12.4. The monoisotopic (exact) mass is 543 g/mol. The van der Waals surface area contributed by atoms with Crippen molar-refractivity contribution in [2.45, 2.75) is 6.92 Å². The van der Waals surface area contributed by atoms with Crippen molar-refractivity contribution in [3.63, 3.8) is 0 Å². The first-order valence-corrected chi connectivity index (χ1v) is 10.7. The van der Waals surface area contributed by atoms with E-state index in [4.69, 9.17) is 44.3 Å². The van der Waals surface area contributed by atoms with E-state index in [0.29, 0.717) is 0 Å². The van der Waals surface area contributed by atoms with Crippen LogP contribution in [0.1, 0.15) is 27.6 Å². The second-order valence-electron chi connectivity index (χ2n) is 7.22. The predicted octanol–water partition coefficient (Wildman–Crippen LogP) is -0.853. The van der Waals surface area contributed by atoms with Crippen LogP contribution >= 0.6 is 0 Å². The quantitative estimate of drug-likeness (QED) is 0.217. The molecule has 1 aromatic carbocycles. The fourth-order valence-electron chi connectivity index (χ4n) is 2.84. The van der Waals surface area contributed by atoms with E-state index in [1.165, 1.54) is 32.4 Å². The van der Waals surface area contributed by atoms with Gasteiger partial charge in [-0.1, -0.05) is 6.92 Å². The van der Waals surface area contributed by atoms with Gasteiger partial charge in [0.25, 0.3) is 0 Å². The van der Waals surface area contributed by atoms with Crippen LogP contribution < -0.4 is 5.32 Å². The van der Waals surface area contributed by atoms with Crippen molar-refractivity contribution in [3.8, 4) is 0 Å². The molecule has 1 saturated heterocycles. The molecule has 1 heterocycles. The van der Waals surface area contributed by atoms with Crippen molar-refractivity contribution in [2.24, 2.45) is 0 Å². The van der Waals surface area contributed by atoms with Gasteiger partial charge in [-0.05, 0) is 24.7 Å². The minimum atomic E-state index is -1.82. The number of anilines is 1. The summed E-state index contributed by atoms with van der Waals surface area (Å²) in [7, 11) is 2.53. The Morgan fingerprint density at radius 2 is 1.21 bits per heavy atom. The second-order valence-corrected chi connectivity index (χ2v) is 7.22. The second kappa shape index (κ2) is 17.0. The summed E-state index contributed by atoms with van der Waals surface area (Å²) in [4.78, 5) is 76.8. The average Bonchev–Trinajstić information content (AvgIpc) is 2.88. The van der Waals surface area contributed by atoms with E-state index in [9.17, 15) is 14.4 Å². The normalized spacial score (nSPS) is 12.8. The Labute approximate surface area is 216 Å². The number of aliphatic carboxylic acids is 4. The smallest absolute Gasteiger partial charge is 0.414 e. The topological polar surface area (TPSA) is 237 Å². The highest BCUT2D eigenvalue weighted by Gasteiger charge is 2.21. The van der Waals surface area contributed by atoms with Crippen LogP contribution in [0.5, 0.6) is 0 Å². The Hall–Kier alpha value is -4.57. The number of carbonyl (C=O) groups is 7. The summed E-state index contributed by atoms with van der Waals surface area (Å²) in [6, 6.07) is 4.32. The largest absolute Gasteiger partial charge is 0.473 e. The van der Waals surface area contributed by atoms with Gasteiger partial charge < -0.3 is 40.1 Å². The number of carboxylic acid groups (broad SMARTS) is 4. The van der Waals surface area contributed by atoms with E-state index < -0.39 is 35.8 Å². The molecular weight excluding hydrogens is 514 g/mol. The zero-order valence-corrected chi connectivity index (χ0v) is 20.8. The van der Waals surface area contributed by atoms with Crippen LogP contribution in [0.15, 0.2) is 18.2 Å².